The van der Waals surface area contributed by atoms with Gasteiger partial charge in [-0.3, -0.25) is 0 Å². The summed E-state index contributed by atoms with van der Waals surface area (Å²) in [5.74, 6) is 0.617. The largest absolute Gasteiger partial charge is 0.379 e. The van der Waals surface area contributed by atoms with Crippen molar-refractivity contribution in [2.75, 3.05) is 13.2 Å². The Balaban J connectivity index is 2.03. The molecule has 0 aliphatic heterocycles. The van der Waals surface area contributed by atoms with Gasteiger partial charge in [-0.05, 0) is 25.7 Å². The van der Waals surface area contributed by atoms with E-state index >= 15 is 0 Å². The fraction of sp³-hybridized carbons (Fsp3) is 1.00. The van der Waals surface area contributed by atoms with Crippen LogP contribution < -0.4 is 0 Å². The van der Waals surface area contributed by atoms with Crippen LogP contribution in [0.2, 0.25) is 0 Å². The zero-order valence-electron chi connectivity index (χ0n) is 10.5. The van der Waals surface area contributed by atoms with Gasteiger partial charge in [-0.2, -0.15) is 0 Å². The molecule has 0 N–H and O–H groups in total. The molecule has 2 heteroatoms. The molecule has 2 nitrogen and oxygen atoms in total. The number of hydrogen-bond donors (Lipinski definition) is 0. The second-order valence-corrected chi connectivity index (χ2v) is 5.14. The van der Waals surface area contributed by atoms with E-state index in [0.717, 1.165) is 13.2 Å². The Labute approximate surface area is 94.3 Å². The monoisotopic (exact) mass is 214 g/mol. The van der Waals surface area contributed by atoms with Crippen molar-refractivity contribution in [1.82, 2.24) is 0 Å². The van der Waals surface area contributed by atoms with Crippen molar-refractivity contribution in [2.45, 2.75) is 65.1 Å². The van der Waals surface area contributed by atoms with Gasteiger partial charge in [0.25, 0.3) is 0 Å². The van der Waals surface area contributed by atoms with Gasteiger partial charge in [0, 0.05) is 6.61 Å². The highest BCUT2D eigenvalue weighted by Crippen LogP contribution is 2.21. The van der Waals surface area contributed by atoms with Crippen LogP contribution in [0.1, 0.15) is 52.9 Å². The lowest BCUT2D eigenvalue weighted by Gasteiger charge is -2.25. The summed E-state index contributed by atoms with van der Waals surface area (Å²) in [7, 11) is 0. The maximum Gasteiger partial charge on any atom is 0.0784 e. The molecule has 0 saturated heterocycles. The summed E-state index contributed by atoms with van der Waals surface area (Å²) >= 11 is 0. The topological polar surface area (TPSA) is 18.5 Å². The van der Waals surface area contributed by atoms with Gasteiger partial charge in [-0.25, -0.2) is 0 Å². The molecular weight excluding hydrogens is 188 g/mol. The lowest BCUT2D eigenvalue weighted by Crippen LogP contribution is -2.26. The van der Waals surface area contributed by atoms with Crippen LogP contribution in [-0.4, -0.2) is 25.4 Å². The van der Waals surface area contributed by atoms with E-state index in [9.17, 15) is 0 Å². The van der Waals surface area contributed by atoms with Gasteiger partial charge in [0.2, 0.25) is 0 Å². The Morgan fingerprint density at radius 1 is 1.00 bits per heavy atom. The van der Waals surface area contributed by atoms with Crippen LogP contribution in [0.3, 0.4) is 0 Å². The van der Waals surface area contributed by atoms with Gasteiger partial charge in [-0.15, -0.1) is 0 Å². The van der Waals surface area contributed by atoms with Crippen LogP contribution in [0, 0.1) is 5.92 Å². The molecule has 0 radical (unpaired) electrons. The van der Waals surface area contributed by atoms with Gasteiger partial charge in [-0.1, -0.05) is 33.1 Å². The number of rotatable bonds is 6. The van der Waals surface area contributed by atoms with E-state index in [0.29, 0.717) is 12.0 Å². The SMILES string of the molecule is CC(C)COCC(C)OC1CCCCC1. The fourth-order valence-corrected chi connectivity index (χ4v) is 2.04. The molecule has 1 saturated carbocycles. The molecule has 1 aliphatic rings. The third kappa shape index (κ3) is 6.16. The lowest BCUT2D eigenvalue weighted by atomic mass is 9.98. The van der Waals surface area contributed by atoms with Gasteiger partial charge in [0.05, 0.1) is 18.8 Å². The van der Waals surface area contributed by atoms with E-state index in [-0.39, 0.29) is 6.10 Å². The van der Waals surface area contributed by atoms with E-state index in [2.05, 4.69) is 20.8 Å². The molecule has 1 atom stereocenters. The third-order valence-electron chi connectivity index (χ3n) is 2.78. The maximum absolute atomic E-state index is 5.95. The van der Waals surface area contributed by atoms with Crippen molar-refractivity contribution in [1.29, 1.82) is 0 Å². The van der Waals surface area contributed by atoms with Crippen LogP contribution >= 0.6 is 0 Å². The van der Waals surface area contributed by atoms with E-state index in [1.54, 1.807) is 0 Å². The predicted octanol–water partition coefficient (Wildman–Crippen LogP) is 3.40. The average Bonchev–Trinajstić information content (AvgIpc) is 2.18. The molecule has 0 heterocycles. The first kappa shape index (κ1) is 13.0. The van der Waals surface area contributed by atoms with Crippen LogP contribution in [0.4, 0.5) is 0 Å². The summed E-state index contributed by atoms with van der Waals surface area (Å²) in [6, 6.07) is 0. The zero-order chi connectivity index (χ0) is 11.1. The van der Waals surface area contributed by atoms with Gasteiger partial charge >= 0.3 is 0 Å². The van der Waals surface area contributed by atoms with Crippen LogP contribution in [0.25, 0.3) is 0 Å². The Bertz CT molecular complexity index is 151. The van der Waals surface area contributed by atoms with E-state index in [4.69, 9.17) is 9.47 Å². The molecule has 15 heavy (non-hydrogen) atoms. The summed E-state index contributed by atoms with van der Waals surface area (Å²) in [5, 5.41) is 0. The van der Waals surface area contributed by atoms with Crippen molar-refractivity contribution >= 4 is 0 Å². The van der Waals surface area contributed by atoms with E-state index < -0.39 is 0 Å². The first-order valence-electron chi connectivity index (χ1n) is 6.41. The number of ether oxygens (including phenoxy) is 2. The Morgan fingerprint density at radius 2 is 1.67 bits per heavy atom. The minimum Gasteiger partial charge on any atom is -0.379 e. The molecule has 90 valence electrons. The molecule has 1 rings (SSSR count). The lowest BCUT2D eigenvalue weighted by molar-refractivity contribution is -0.0629. The van der Waals surface area contributed by atoms with Crippen molar-refractivity contribution in [3.63, 3.8) is 0 Å². The Morgan fingerprint density at radius 3 is 2.27 bits per heavy atom. The average molecular weight is 214 g/mol. The summed E-state index contributed by atoms with van der Waals surface area (Å²) in [5.41, 5.74) is 0. The summed E-state index contributed by atoms with van der Waals surface area (Å²) in [4.78, 5) is 0. The molecule has 0 spiro atoms. The standard InChI is InChI=1S/C13H26O2/c1-11(2)9-14-10-12(3)15-13-7-5-4-6-8-13/h11-13H,4-10H2,1-3H3. The zero-order valence-corrected chi connectivity index (χ0v) is 10.5. The minimum absolute atomic E-state index is 0.256. The fourth-order valence-electron chi connectivity index (χ4n) is 2.04. The number of hydrogen-bond acceptors (Lipinski definition) is 2. The first-order chi connectivity index (χ1) is 7.18. The molecule has 0 bridgehead atoms. The summed E-state index contributed by atoms with van der Waals surface area (Å²) in [6.45, 7) is 8.06. The Kier molecular flexibility index (Phi) is 6.26. The van der Waals surface area contributed by atoms with Gasteiger partial charge in [0.15, 0.2) is 0 Å². The van der Waals surface area contributed by atoms with Crippen LogP contribution in [0.15, 0.2) is 0 Å². The van der Waals surface area contributed by atoms with Crippen LogP contribution in [0.5, 0.6) is 0 Å². The van der Waals surface area contributed by atoms with Crippen molar-refractivity contribution in [2.24, 2.45) is 5.92 Å². The molecule has 0 aromatic rings. The van der Waals surface area contributed by atoms with Crippen molar-refractivity contribution in [3.8, 4) is 0 Å². The highest BCUT2D eigenvalue weighted by molar-refractivity contribution is 4.66. The molecule has 0 aromatic carbocycles. The molecule has 1 fully saturated rings. The van der Waals surface area contributed by atoms with E-state index in [1.165, 1.54) is 32.1 Å². The predicted molar refractivity (Wildman–Crippen MR) is 63.1 cm³/mol. The van der Waals surface area contributed by atoms with Crippen molar-refractivity contribution < 1.29 is 9.47 Å². The van der Waals surface area contributed by atoms with Gasteiger partial charge < -0.3 is 9.47 Å². The smallest absolute Gasteiger partial charge is 0.0784 e. The maximum atomic E-state index is 5.95. The molecule has 0 amide bonds. The molecule has 1 unspecified atom stereocenters. The summed E-state index contributed by atoms with van der Waals surface area (Å²) in [6.07, 6.45) is 7.30. The second kappa shape index (κ2) is 7.24. The third-order valence-corrected chi connectivity index (χ3v) is 2.78. The molecular formula is C13H26O2. The van der Waals surface area contributed by atoms with Gasteiger partial charge in [0.1, 0.15) is 0 Å². The second-order valence-electron chi connectivity index (χ2n) is 5.14. The highest BCUT2D eigenvalue weighted by Gasteiger charge is 2.16. The van der Waals surface area contributed by atoms with Crippen LogP contribution in [-0.2, 0) is 9.47 Å². The molecule has 1 aliphatic carbocycles. The quantitative estimate of drug-likeness (QED) is 0.674. The molecule has 0 aromatic heterocycles. The van der Waals surface area contributed by atoms with Crippen molar-refractivity contribution in [3.05, 3.63) is 0 Å². The Hall–Kier alpha value is -0.0800. The highest BCUT2D eigenvalue weighted by atomic mass is 16.5. The summed E-state index contributed by atoms with van der Waals surface area (Å²) < 4.78 is 11.5. The van der Waals surface area contributed by atoms with E-state index in [1.807, 2.05) is 0 Å². The minimum atomic E-state index is 0.256. The first-order valence-corrected chi connectivity index (χ1v) is 6.41. The normalized spacial score (nSPS) is 20.8.